The molecule has 2 heterocycles. The molecule has 21 heavy (non-hydrogen) atoms. The highest BCUT2D eigenvalue weighted by Crippen LogP contribution is 2.26. The molecule has 5 nitrogen and oxygen atoms in total. The zero-order valence-corrected chi connectivity index (χ0v) is 14.9. The minimum absolute atomic E-state index is 0. The lowest BCUT2D eigenvalue weighted by Gasteiger charge is -2.37. The highest BCUT2D eigenvalue weighted by atomic mass is 35.5. The second-order valence-electron chi connectivity index (χ2n) is 6.32. The van der Waals surface area contributed by atoms with Gasteiger partial charge in [0.25, 0.3) is 10.2 Å². The third-order valence-corrected chi connectivity index (χ3v) is 6.81. The molecule has 2 saturated heterocycles. The fourth-order valence-corrected chi connectivity index (χ4v) is 4.83. The Bertz CT molecular complexity index is 389. The molecule has 0 spiro atoms. The highest BCUT2D eigenvalue weighted by molar-refractivity contribution is 7.86. The van der Waals surface area contributed by atoms with Gasteiger partial charge in [-0.1, -0.05) is 6.92 Å². The van der Waals surface area contributed by atoms with Crippen LogP contribution in [0.3, 0.4) is 0 Å². The predicted molar refractivity (Wildman–Crippen MR) is 89.0 cm³/mol. The minimum atomic E-state index is -3.20. The van der Waals surface area contributed by atoms with E-state index in [0.717, 1.165) is 38.6 Å². The molecule has 0 aromatic heterocycles. The molecule has 7 heteroatoms. The van der Waals surface area contributed by atoms with Crippen molar-refractivity contribution < 1.29 is 8.42 Å². The van der Waals surface area contributed by atoms with Crippen LogP contribution in [-0.4, -0.2) is 56.8 Å². The molecule has 0 aromatic rings. The summed E-state index contributed by atoms with van der Waals surface area (Å²) < 4.78 is 28.6. The summed E-state index contributed by atoms with van der Waals surface area (Å²) in [7, 11) is -1.23. The summed E-state index contributed by atoms with van der Waals surface area (Å²) in [6.07, 6.45) is 5.16. The van der Waals surface area contributed by atoms with Gasteiger partial charge in [0.2, 0.25) is 0 Å². The van der Waals surface area contributed by atoms with Gasteiger partial charge in [0, 0.05) is 26.2 Å². The normalized spacial score (nSPS) is 23.9. The molecule has 2 aliphatic rings. The summed E-state index contributed by atoms with van der Waals surface area (Å²) in [5, 5.41) is 3.17. The average molecular weight is 340 g/mol. The quantitative estimate of drug-likeness (QED) is 0.829. The van der Waals surface area contributed by atoms with Crippen molar-refractivity contribution in [3.05, 3.63) is 0 Å². The van der Waals surface area contributed by atoms with Crippen molar-refractivity contribution in [3.63, 3.8) is 0 Å². The number of rotatable bonds is 5. The van der Waals surface area contributed by atoms with Gasteiger partial charge in [0.15, 0.2) is 0 Å². The SMILES string of the molecule is CNCCC1CCN(S(=O)(=O)N2CCC(C)CC2)CC1.Cl. The Morgan fingerprint density at radius 3 is 1.95 bits per heavy atom. The Balaban J connectivity index is 0.00000220. The van der Waals surface area contributed by atoms with Crippen LogP contribution >= 0.6 is 12.4 Å². The number of nitrogens with zero attached hydrogens (tertiary/aromatic N) is 2. The van der Waals surface area contributed by atoms with Crippen molar-refractivity contribution in [1.29, 1.82) is 0 Å². The van der Waals surface area contributed by atoms with Crippen molar-refractivity contribution in [2.24, 2.45) is 11.8 Å². The minimum Gasteiger partial charge on any atom is -0.320 e. The van der Waals surface area contributed by atoms with E-state index in [0.29, 0.717) is 38.0 Å². The molecule has 2 aliphatic heterocycles. The number of piperidine rings is 2. The second-order valence-corrected chi connectivity index (χ2v) is 8.25. The Morgan fingerprint density at radius 1 is 1.00 bits per heavy atom. The molecule has 1 N–H and O–H groups in total. The van der Waals surface area contributed by atoms with Crippen molar-refractivity contribution in [2.75, 3.05) is 39.8 Å². The summed E-state index contributed by atoms with van der Waals surface area (Å²) in [5.74, 6) is 1.34. The first kappa shape index (κ1) is 19.2. The molecule has 126 valence electrons. The molecule has 0 unspecified atom stereocenters. The summed E-state index contributed by atoms with van der Waals surface area (Å²) >= 11 is 0. The fourth-order valence-electron chi connectivity index (χ4n) is 3.16. The molecule has 0 atom stereocenters. The van der Waals surface area contributed by atoms with E-state index in [1.165, 1.54) is 0 Å². The second kappa shape index (κ2) is 8.67. The van der Waals surface area contributed by atoms with Crippen LogP contribution in [0.1, 0.15) is 39.0 Å². The predicted octanol–water partition coefficient (Wildman–Crippen LogP) is 1.71. The molecule has 0 saturated carbocycles. The molecule has 0 amide bonds. The van der Waals surface area contributed by atoms with E-state index in [2.05, 4.69) is 12.2 Å². The first-order valence-corrected chi connectivity index (χ1v) is 9.33. The van der Waals surface area contributed by atoms with Crippen LogP contribution in [-0.2, 0) is 10.2 Å². The van der Waals surface area contributed by atoms with Crippen molar-refractivity contribution in [3.8, 4) is 0 Å². The van der Waals surface area contributed by atoms with Gasteiger partial charge in [0.05, 0.1) is 0 Å². The van der Waals surface area contributed by atoms with E-state index < -0.39 is 10.2 Å². The van der Waals surface area contributed by atoms with Gasteiger partial charge in [-0.15, -0.1) is 12.4 Å². The van der Waals surface area contributed by atoms with Crippen LogP contribution in [0.2, 0.25) is 0 Å². The topological polar surface area (TPSA) is 52.7 Å². The molecule has 2 rings (SSSR count). The smallest absolute Gasteiger partial charge is 0.281 e. The third kappa shape index (κ3) is 5.06. The maximum Gasteiger partial charge on any atom is 0.281 e. The van der Waals surface area contributed by atoms with E-state index in [9.17, 15) is 8.42 Å². The largest absolute Gasteiger partial charge is 0.320 e. The number of halogens is 1. The standard InChI is InChI=1S/C14H29N3O2S.ClH/c1-13-4-9-16(10-5-13)20(18,19)17-11-6-14(7-12-17)3-8-15-2;/h13-15H,3-12H2,1-2H3;1H. The van der Waals surface area contributed by atoms with E-state index in [1.54, 1.807) is 8.61 Å². The van der Waals surface area contributed by atoms with Crippen LogP contribution < -0.4 is 5.32 Å². The Kier molecular flexibility index (Phi) is 7.92. The van der Waals surface area contributed by atoms with Gasteiger partial charge < -0.3 is 5.32 Å². The molecule has 0 bridgehead atoms. The first-order chi connectivity index (χ1) is 9.54. The highest BCUT2D eigenvalue weighted by Gasteiger charge is 2.34. The van der Waals surface area contributed by atoms with E-state index in [-0.39, 0.29) is 12.4 Å². The lowest BCUT2D eigenvalue weighted by Crippen LogP contribution is -2.49. The summed E-state index contributed by atoms with van der Waals surface area (Å²) in [6.45, 7) is 6.02. The van der Waals surface area contributed by atoms with Gasteiger partial charge in [-0.25, -0.2) is 0 Å². The van der Waals surface area contributed by atoms with E-state index in [4.69, 9.17) is 0 Å². The Hall–Kier alpha value is 0.120. The van der Waals surface area contributed by atoms with Crippen molar-refractivity contribution in [2.45, 2.75) is 39.0 Å². The molecule has 0 aliphatic carbocycles. The van der Waals surface area contributed by atoms with Crippen LogP contribution in [0, 0.1) is 11.8 Å². The summed E-state index contributed by atoms with van der Waals surface area (Å²) in [4.78, 5) is 0. The van der Waals surface area contributed by atoms with Crippen LogP contribution in [0.15, 0.2) is 0 Å². The van der Waals surface area contributed by atoms with E-state index in [1.807, 2.05) is 7.05 Å². The average Bonchev–Trinajstić information content (AvgIpc) is 2.46. The monoisotopic (exact) mass is 339 g/mol. The van der Waals surface area contributed by atoms with Crippen LogP contribution in [0.4, 0.5) is 0 Å². The summed E-state index contributed by atoms with van der Waals surface area (Å²) in [5.41, 5.74) is 0. The van der Waals surface area contributed by atoms with Crippen LogP contribution in [0.5, 0.6) is 0 Å². The number of hydrogen-bond donors (Lipinski definition) is 1. The Morgan fingerprint density at radius 2 is 1.48 bits per heavy atom. The lowest BCUT2D eigenvalue weighted by molar-refractivity contribution is 0.227. The van der Waals surface area contributed by atoms with Gasteiger partial charge in [0.1, 0.15) is 0 Å². The molecule has 0 aromatic carbocycles. The molecular formula is C14H30ClN3O2S. The van der Waals surface area contributed by atoms with Gasteiger partial charge in [-0.3, -0.25) is 0 Å². The zero-order valence-electron chi connectivity index (χ0n) is 13.3. The first-order valence-electron chi connectivity index (χ1n) is 7.94. The fraction of sp³-hybridized carbons (Fsp3) is 1.00. The Labute approximate surface area is 136 Å². The van der Waals surface area contributed by atoms with E-state index >= 15 is 0 Å². The number of hydrogen-bond acceptors (Lipinski definition) is 3. The summed E-state index contributed by atoms with van der Waals surface area (Å²) in [6, 6.07) is 0. The lowest BCUT2D eigenvalue weighted by atomic mass is 9.95. The molecule has 0 radical (unpaired) electrons. The van der Waals surface area contributed by atoms with Crippen LogP contribution in [0.25, 0.3) is 0 Å². The maximum absolute atomic E-state index is 12.6. The van der Waals surface area contributed by atoms with Gasteiger partial charge in [-0.2, -0.15) is 17.0 Å². The molecular weight excluding hydrogens is 310 g/mol. The van der Waals surface area contributed by atoms with Crippen molar-refractivity contribution >= 4 is 22.6 Å². The maximum atomic E-state index is 12.6. The molecule has 2 fully saturated rings. The van der Waals surface area contributed by atoms with Gasteiger partial charge in [-0.05, 0) is 57.5 Å². The van der Waals surface area contributed by atoms with Gasteiger partial charge >= 0.3 is 0 Å². The number of nitrogens with one attached hydrogen (secondary N) is 1. The zero-order chi connectivity index (χ0) is 14.6. The van der Waals surface area contributed by atoms with Crippen molar-refractivity contribution in [1.82, 2.24) is 13.9 Å². The third-order valence-electron chi connectivity index (χ3n) is 4.77.